The molecule has 3 rings (SSSR count). The molecular formula is C19H21F5N4O. The van der Waals surface area contributed by atoms with E-state index in [1.165, 1.54) is 12.3 Å². The van der Waals surface area contributed by atoms with Crippen LogP contribution in [0.15, 0.2) is 30.5 Å². The van der Waals surface area contributed by atoms with Gasteiger partial charge in [0.15, 0.2) is 6.04 Å². The smallest absolute Gasteiger partial charge is 0.369 e. The minimum atomic E-state index is -4.82. The van der Waals surface area contributed by atoms with Crippen molar-refractivity contribution in [2.45, 2.75) is 38.0 Å². The molecule has 1 amide bonds. The number of nitrogens with two attached hydrogens (primary N) is 1. The third-order valence-electron chi connectivity index (χ3n) is 4.99. The number of alkyl halides is 5. The van der Waals surface area contributed by atoms with Crippen molar-refractivity contribution in [1.29, 1.82) is 0 Å². The van der Waals surface area contributed by atoms with Crippen molar-refractivity contribution in [1.82, 2.24) is 10.3 Å². The summed E-state index contributed by atoms with van der Waals surface area (Å²) in [7, 11) is 0. The van der Waals surface area contributed by atoms with Crippen molar-refractivity contribution in [3.63, 3.8) is 0 Å². The van der Waals surface area contributed by atoms with Crippen molar-refractivity contribution < 1.29 is 26.7 Å². The number of hydrogen-bond acceptors (Lipinski definition) is 4. The first kappa shape index (κ1) is 21.2. The number of fused-ring (bicyclic) bond motifs is 1. The SMILES string of the molecule is C[C@H]1C[C@@H](NC(=O)[C@H](N)C(F)(F)F)CN(c2ccc(C(F)F)c3ncccc23)C1. The molecule has 2 heterocycles. The molecule has 3 atom stereocenters. The van der Waals surface area contributed by atoms with Gasteiger partial charge in [0.2, 0.25) is 5.91 Å². The number of pyridine rings is 1. The largest absolute Gasteiger partial charge is 0.412 e. The summed E-state index contributed by atoms with van der Waals surface area (Å²) in [4.78, 5) is 17.8. The van der Waals surface area contributed by atoms with Crippen molar-refractivity contribution in [2.24, 2.45) is 11.7 Å². The van der Waals surface area contributed by atoms with Crippen LogP contribution in [0.2, 0.25) is 0 Å². The molecule has 1 saturated heterocycles. The van der Waals surface area contributed by atoms with Crippen LogP contribution in [0, 0.1) is 5.92 Å². The van der Waals surface area contributed by atoms with E-state index < -0.39 is 30.6 Å². The van der Waals surface area contributed by atoms with Crippen molar-refractivity contribution in [3.8, 4) is 0 Å². The van der Waals surface area contributed by atoms with Gasteiger partial charge in [0.1, 0.15) is 0 Å². The highest BCUT2D eigenvalue weighted by atomic mass is 19.4. The molecule has 158 valence electrons. The molecule has 0 unspecified atom stereocenters. The van der Waals surface area contributed by atoms with Gasteiger partial charge < -0.3 is 16.0 Å². The molecule has 0 spiro atoms. The second kappa shape index (κ2) is 8.10. The zero-order valence-electron chi connectivity index (χ0n) is 15.6. The first-order valence-corrected chi connectivity index (χ1v) is 9.11. The lowest BCUT2D eigenvalue weighted by Gasteiger charge is -2.39. The van der Waals surface area contributed by atoms with Gasteiger partial charge >= 0.3 is 6.18 Å². The monoisotopic (exact) mass is 416 g/mol. The highest BCUT2D eigenvalue weighted by molar-refractivity contribution is 5.94. The molecule has 10 heteroatoms. The van der Waals surface area contributed by atoms with Crippen LogP contribution < -0.4 is 16.0 Å². The Labute approximate surface area is 164 Å². The number of nitrogens with one attached hydrogen (secondary N) is 1. The molecule has 1 fully saturated rings. The van der Waals surface area contributed by atoms with Gasteiger partial charge in [-0.2, -0.15) is 13.2 Å². The highest BCUT2D eigenvalue weighted by Crippen LogP contribution is 2.34. The first-order valence-electron chi connectivity index (χ1n) is 9.11. The van der Waals surface area contributed by atoms with E-state index in [0.29, 0.717) is 24.0 Å². The van der Waals surface area contributed by atoms with Crippen LogP contribution in [0.5, 0.6) is 0 Å². The maximum Gasteiger partial charge on any atom is 0.412 e. The summed E-state index contributed by atoms with van der Waals surface area (Å²) in [6, 6.07) is 3.03. The molecular weight excluding hydrogens is 395 g/mol. The minimum Gasteiger partial charge on any atom is -0.369 e. The van der Waals surface area contributed by atoms with Gasteiger partial charge in [-0.05, 0) is 36.6 Å². The number of carbonyl (C=O) groups excluding carboxylic acids is 1. The Morgan fingerprint density at radius 3 is 2.66 bits per heavy atom. The van der Waals surface area contributed by atoms with E-state index in [9.17, 15) is 26.7 Å². The lowest BCUT2D eigenvalue weighted by Crippen LogP contribution is -2.57. The average Bonchev–Trinajstić information content (AvgIpc) is 2.65. The van der Waals surface area contributed by atoms with Gasteiger partial charge in [0.25, 0.3) is 6.43 Å². The predicted molar refractivity (Wildman–Crippen MR) is 98.7 cm³/mol. The lowest BCUT2D eigenvalue weighted by atomic mass is 9.94. The number of hydrogen-bond donors (Lipinski definition) is 2. The Kier molecular flexibility index (Phi) is 5.92. The van der Waals surface area contributed by atoms with Gasteiger partial charge in [-0.1, -0.05) is 6.92 Å². The molecule has 0 bridgehead atoms. The number of aromatic nitrogens is 1. The zero-order valence-corrected chi connectivity index (χ0v) is 15.6. The molecule has 5 nitrogen and oxygen atoms in total. The number of amides is 1. The van der Waals surface area contributed by atoms with Crippen molar-refractivity contribution in [2.75, 3.05) is 18.0 Å². The fraction of sp³-hybridized carbons (Fsp3) is 0.474. The van der Waals surface area contributed by atoms with Crippen LogP contribution in [-0.2, 0) is 4.79 Å². The highest BCUT2D eigenvalue weighted by Gasteiger charge is 2.43. The van der Waals surface area contributed by atoms with Crippen LogP contribution >= 0.6 is 0 Å². The molecule has 0 aliphatic carbocycles. The molecule has 1 aliphatic rings. The summed E-state index contributed by atoms with van der Waals surface area (Å²) in [5.74, 6) is -1.23. The molecule has 2 aromatic rings. The molecule has 1 aromatic heterocycles. The number of benzene rings is 1. The molecule has 3 N–H and O–H groups in total. The summed E-state index contributed by atoms with van der Waals surface area (Å²) in [6.07, 6.45) is -5.59. The van der Waals surface area contributed by atoms with Gasteiger partial charge in [-0.15, -0.1) is 0 Å². The Morgan fingerprint density at radius 1 is 1.28 bits per heavy atom. The lowest BCUT2D eigenvalue weighted by molar-refractivity contribution is -0.163. The van der Waals surface area contributed by atoms with Crippen LogP contribution in [0.3, 0.4) is 0 Å². The first-order chi connectivity index (χ1) is 13.6. The van der Waals surface area contributed by atoms with Gasteiger partial charge in [-0.25, -0.2) is 8.78 Å². The van der Waals surface area contributed by atoms with E-state index in [0.717, 1.165) is 0 Å². The van der Waals surface area contributed by atoms with Crippen LogP contribution in [-0.4, -0.2) is 42.2 Å². The minimum absolute atomic E-state index is 0.0534. The summed E-state index contributed by atoms with van der Waals surface area (Å²) in [6.45, 7) is 2.71. The molecule has 1 aliphatic heterocycles. The van der Waals surface area contributed by atoms with E-state index in [-0.39, 0.29) is 23.5 Å². The molecule has 1 aromatic carbocycles. The van der Waals surface area contributed by atoms with E-state index in [1.807, 2.05) is 11.8 Å². The van der Waals surface area contributed by atoms with E-state index >= 15 is 0 Å². The zero-order chi connectivity index (χ0) is 21.3. The maximum atomic E-state index is 13.3. The van der Waals surface area contributed by atoms with Gasteiger partial charge in [0.05, 0.1) is 5.52 Å². The standard InChI is InChI=1S/C19H21F5N4O/c1-10-7-11(27-18(29)16(25)19(22,23)24)9-28(8-10)14-5-4-13(17(20)21)15-12(14)3-2-6-26-15/h2-6,10-11,16-17H,7-9,25H2,1H3,(H,27,29)/t10-,11+,16-/m0/s1. The number of rotatable bonds is 4. The maximum absolute atomic E-state index is 13.3. The normalized spacial score (nSPS) is 21.4. The summed E-state index contributed by atoms with van der Waals surface area (Å²) < 4.78 is 64.7. The number of halogens is 5. The van der Waals surface area contributed by atoms with Crippen LogP contribution in [0.4, 0.5) is 27.6 Å². The molecule has 0 radical (unpaired) electrons. The quantitative estimate of drug-likeness (QED) is 0.750. The Balaban J connectivity index is 1.86. The second-order valence-corrected chi connectivity index (χ2v) is 7.34. The summed E-state index contributed by atoms with van der Waals surface area (Å²) >= 11 is 0. The summed E-state index contributed by atoms with van der Waals surface area (Å²) in [5, 5.41) is 2.90. The van der Waals surface area contributed by atoms with Crippen LogP contribution in [0.25, 0.3) is 10.9 Å². The van der Waals surface area contributed by atoms with Crippen molar-refractivity contribution in [3.05, 3.63) is 36.0 Å². The van der Waals surface area contributed by atoms with Gasteiger partial charge in [0, 0.05) is 42.0 Å². The average molecular weight is 416 g/mol. The molecule has 29 heavy (non-hydrogen) atoms. The van der Waals surface area contributed by atoms with E-state index in [4.69, 9.17) is 5.73 Å². The van der Waals surface area contributed by atoms with Gasteiger partial charge in [-0.3, -0.25) is 9.78 Å². The predicted octanol–water partition coefficient (Wildman–Crippen LogP) is 3.39. The number of anilines is 1. The number of piperidine rings is 1. The Bertz CT molecular complexity index is 889. The third-order valence-corrected chi connectivity index (χ3v) is 4.99. The number of carbonyl (C=O) groups is 1. The fourth-order valence-corrected chi connectivity index (χ4v) is 3.72. The fourth-order valence-electron chi connectivity index (χ4n) is 3.72. The van der Waals surface area contributed by atoms with Crippen molar-refractivity contribution >= 4 is 22.5 Å². The summed E-state index contributed by atoms with van der Waals surface area (Å²) in [5.41, 5.74) is 5.62. The Hall–Kier alpha value is -2.49. The van der Waals surface area contributed by atoms with Crippen LogP contribution in [0.1, 0.15) is 25.3 Å². The second-order valence-electron chi connectivity index (χ2n) is 7.34. The van der Waals surface area contributed by atoms with E-state index in [1.54, 1.807) is 18.2 Å². The van der Waals surface area contributed by atoms with E-state index in [2.05, 4.69) is 10.3 Å². The topological polar surface area (TPSA) is 71.2 Å². The Morgan fingerprint density at radius 2 is 2.00 bits per heavy atom. The number of nitrogens with zero attached hydrogens (tertiary/aromatic N) is 2. The third kappa shape index (κ3) is 4.58. The molecule has 0 saturated carbocycles.